The molecule has 1 N–H and O–H groups in total. The van der Waals surface area contributed by atoms with Crippen LogP contribution in [0.5, 0.6) is 0 Å². The molecule has 2 aromatic heterocycles. The molecule has 0 bridgehead atoms. The number of fused-ring (bicyclic) bond motifs is 2. The molecule has 174 valence electrons. The molecule has 11 heteroatoms. The van der Waals surface area contributed by atoms with Crippen molar-refractivity contribution in [3.05, 3.63) is 80.4 Å². The summed E-state index contributed by atoms with van der Waals surface area (Å²) in [6, 6.07) is 10.4. The normalized spacial score (nSPS) is 13.1. The Balaban J connectivity index is 1.39. The number of benzene rings is 2. The van der Waals surface area contributed by atoms with Crippen LogP contribution in [0.3, 0.4) is 0 Å². The first kappa shape index (κ1) is 22.7. The molecule has 1 aliphatic rings. The highest BCUT2D eigenvalue weighted by Gasteiger charge is 2.22. The van der Waals surface area contributed by atoms with E-state index in [0.29, 0.717) is 20.8 Å². The van der Waals surface area contributed by atoms with Crippen LogP contribution in [0.1, 0.15) is 11.1 Å². The fourth-order valence-electron chi connectivity index (χ4n) is 3.97. The Morgan fingerprint density at radius 2 is 2.03 bits per heavy atom. The lowest BCUT2D eigenvalue weighted by Gasteiger charge is -2.10. The van der Waals surface area contributed by atoms with E-state index < -0.39 is 32.7 Å². The lowest BCUT2D eigenvalue weighted by Crippen LogP contribution is -2.20. The zero-order chi connectivity index (χ0) is 24.0. The molecule has 0 unspecified atom stereocenters. The van der Waals surface area contributed by atoms with Crippen molar-refractivity contribution >= 4 is 55.1 Å². The van der Waals surface area contributed by atoms with Crippen molar-refractivity contribution in [1.29, 1.82) is 0 Å². The molecule has 0 atom stereocenters. The predicted octanol–water partition coefficient (Wildman–Crippen LogP) is 3.79. The molecular formula is C23H17ClFN3O4S2. The Labute approximate surface area is 202 Å². The van der Waals surface area contributed by atoms with Crippen LogP contribution in [-0.4, -0.2) is 36.0 Å². The first-order chi connectivity index (χ1) is 16.2. The number of aromatic nitrogens is 2. The van der Waals surface area contributed by atoms with Gasteiger partial charge in [0.25, 0.3) is 5.56 Å². The molecule has 0 saturated heterocycles. The van der Waals surface area contributed by atoms with Gasteiger partial charge in [-0.05, 0) is 53.9 Å². The maximum absolute atomic E-state index is 15.0. The second-order valence-corrected chi connectivity index (χ2v) is 11.9. The van der Waals surface area contributed by atoms with Gasteiger partial charge in [0.05, 0.1) is 20.9 Å². The molecule has 7 nitrogen and oxygen atoms in total. The summed E-state index contributed by atoms with van der Waals surface area (Å²) in [6.45, 7) is 0.789. The number of carbonyl (C=O) groups excluding carboxylic acids is 1. The Bertz CT molecular complexity index is 1630. The van der Waals surface area contributed by atoms with Crippen molar-refractivity contribution in [2.75, 3.05) is 17.6 Å². The molecule has 0 amide bonds. The van der Waals surface area contributed by atoms with E-state index in [1.807, 2.05) is 6.07 Å². The highest BCUT2D eigenvalue weighted by atomic mass is 35.5. The van der Waals surface area contributed by atoms with Gasteiger partial charge in [0.1, 0.15) is 22.1 Å². The van der Waals surface area contributed by atoms with Crippen LogP contribution < -0.4 is 10.9 Å². The SMILES string of the molecule is O=C(Cc1ccc(-n2cnc3cc4c(cc3c2=O)CCN4)c(F)c1)CS(=O)(=O)c1ccc(Cl)s1. The van der Waals surface area contributed by atoms with Crippen LogP contribution in [0.2, 0.25) is 4.34 Å². The number of nitrogens with zero attached hydrogens (tertiary/aromatic N) is 2. The van der Waals surface area contributed by atoms with Gasteiger partial charge in [-0.25, -0.2) is 17.8 Å². The van der Waals surface area contributed by atoms with Gasteiger partial charge in [-0.15, -0.1) is 11.3 Å². The quantitative estimate of drug-likeness (QED) is 0.418. The average molecular weight is 518 g/mol. The van der Waals surface area contributed by atoms with Gasteiger partial charge < -0.3 is 5.32 Å². The predicted molar refractivity (Wildman–Crippen MR) is 130 cm³/mol. The van der Waals surface area contributed by atoms with Crippen molar-refractivity contribution in [1.82, 2.24) is 9.55 Å². The minimum Gasteiger partial charge on any atom is -0.384 e. The third-order valence-corrected chi connectivity index (χ3v) is 9.06. The van der Waals surface area contributed by atoms with Gasteiger partial charge >= 0.3 is 0 Å². The number of halogens is 2. The van der Waals surface area contributed by atoms with E-state index in [0.717, 1.165) is 46.2 Å². The number of sulfone groups is 1. The molecule has 0 radical (unpaired) electrons. The zero-order valence-electron chi connectivity index (χ0n) is 17.5. The standard InChI is InChI=1S/C23H17ClFN3O4S2/c24-21-3-4-22(33-21)34(31,32)11-15(29)7-13-1-2-20(17(25)8-13)28-12-27-19-10-18-14(5-6-26-18)9-16(19)23(28)30/h1-4,8-10,12,26H,5-7,11H2. The number of Topliss-reactive ketones (excluding diaryl/α,β-unsaturated/α-hetero) is 1. The molecule has 0 spiro atoms. The molecule has 0 saturated carbocycles. The Morgan fingerprint density at radius 3 is 2.76 bits per heavy atom. The molecular weight excluding hydrogens is 501 g/mol. The highest BCUT2D eigenvalue weighted by molar-refractivity contribution is 7.94. The van der Waals surface area contributed by atoms with Crippen molar-refractivity contribution in [2.24, 2.45) is 0 Å². The van der Waals surface area contributed by atoms with Crippen LogP contribution in [0, 0.1) is 5.82 Å². The van der Waals surface area contributed by atoms with Crippen LogP contribution in [-0.2, 0) is 27.5 Å². The number of ketones is 1. The Hall–Kier alpha value is -3.08. The summed E-state index contributed by atoms with van der Waals surface area (Å²) in [5.74, 6) is -2.01. The molecule has 34 heavy (non-hydrogen) atoms. The Kier molecular flexibility index (Phi) is 5.75. The summed E-state index contributed by atoms with van der Waals surface area (Å²) >= 11 is 6.66. The molecule has 2 aromatic carbocycles. The summed E-state index contributed by atoms with van der Waals surface area (Å²) in [5, 5.41) is 3.63. The van der Waals surface area contributed by atoms with E-state index >= 15 is 0 Å². The minimum atomic E-state index is -3.82. The van der Waals surface area contributed by atoms with Gasteiger partial charge in [0.2, 0.25) is 0 Å². The second-order valence-electron chi connectivity index (χ2n) is 7.94. The van der Waals surface area contributed by atoms with Crippen molar-refractivity contribution < 1.29 is 17.6 Å². The number of nitrogens with one attached hydrogen (secondary N) is 1. The largest absolute Gasteiger partial charge is 0.384 e. The summed E-state index contributed by atoms with van der Waals surface area (Å²) in [7, 11) is -3.82. The van der Waals surface area contributed by atoms with E-state index in [1.165, 1.54) is 30.6 Å². The number of hydrogen-bond acceptors (Lipinski definition) is 7. The molecule has 3 heterocycles. The topological polar surface area (TPSA) is 98.1 Å². The number of anilines is 1. The van der Waals surface area contributed by atoms with Gasteiger partial charge in [-0.1, -0.05) is 17.7 Å². The first-order valence-corrected chi connectivity index (χ1v) is 13.1. The number of carbonyl (C=O) groups is 1. The minimum absolute atomic E-state index is 0.00456. The van der Waals surface area contributed by atoms with Gasteiger partial charge in [0.15, 0.2) is 15.6 Å². The zero-order valence-corrected chi connectivity index (χ0v) is 19.9. The van der Waals surface area contributed by atoms with Crippen molar-refractivity contribution in [3.8, 4) is 5.69 Å². The second kappa shape index (κ2) is 8.61. The summed E-state index contributed by atoms with van der Waals surface area (Å²) in [5.41, 5.74) is 2.37. The highest BCUT2D eigenvalue weighted by Crippen LogP contribution is 2.27. The fourth-order valence-corrected chi connectivity index (χ4v) is 6.78. The van der Waals surface area contributed by atoms with Gasteiger partial charge in [-0.3, -0.25) is 14.2 Å². The van der Waals surface area contributed by atoms with E-state index in [4.69, 9.17) is 11.6 Å². The summed E-state index contributed by atoms with van der Waals surface area (Å²) in [6.07, 6.45) is 1.81. The summed E-state index contributed by atoms with van der Waals surface area (Å²) < 4.78 is 41.1. The van der Waals surface area contributed by atoms with E-state index in [2.05, 4.69) is 10.3 Å². The maximum atomic E-state index is 15.0. The van der Waals surface area contributed by atoms with Crippen LogP contribution >= 0.6 is 22.9 Å². The molecule has 4 aromatic rings. The van der Waals surface area contributed by atoms with Gasteiger partial charge in [-0.2, -0.15) is 0 Å². The van der Waals surface area contributed by atoms with Crippen molar-refractivity contribution in [3.63, 3.8) is 0 Å². The smallest absolute Gasteiger partial charge is 0.265 e. The lowest BCUT2D eigenvalue weighted by atomic mass is 10.1. The monoisotopic (exact) mass is 517 g/mol. The van der Waals surface area contributed by atoms with Gasteiger partial charge in [0, 0.05) is 18.7 Å². The molecule has 1 aliphatic heterocycles. The van der Waals surface area contributed by atoms with Crippen molar-refractivity contribution in [2.45, 2.75) is 17.1 Å². The van der Waals surface area contributed by atoms with E-state index in [-0.39, 0.29) is 16.3 Å². The summed E-state index contributed by atoms with van der Waals surface area (Å²) in [4.78, 5) is 29.7. The first-order valence-electron chi connectivity index (χ1n) is 10.3. The third-order valence-electron chi connectivity index (χ3n) is 5.57. The molecule has 0 aliphatic carbocycles. The van der Waals surface area contributed by atoms with E-state index in [1.54, 1.807) is 6.07 Å². The number of rotatable bonds is 6. The fraction of sp³-hybridized carbons (Fsp3) is 0.174. The van der Waals surface area contributed by atoms with Crippen LogP contribution in [0.15, 0.2) is 57.8 Å². The number of thiophene rings is 1. The van der Waals surface area contributed by atoms with E-state index in [9.17, 15) is 22.4 Å². The average Bonchev–Trinajstić information content (AvgIpc) is 3.42. The lowest BCUT2D eigenvalue weighted by molar-refractivity contribution is -0.116. The Morgan fingerprint density at radius 1 is 1.21 bits per heavy atom. The number of hydrogen-bond donors (Lipinski definition) is 1. The third kappa shape index (κ3) is 4.24. The molecule has 5 rings (SSSR count). The molecule has 0 fully saturated rings. The maximum Gasteiger partial charge on any atom is 0.265 e. The van der Waals surface area contributed by atoms with Crippen LogP contribution in [0.4, 0.5) is 10.1 Å². The van der Waals surface area contributed by atoms with Crippen LogP contribution in [0.25, 0.3) is 16.6 Å².